The van der Waals surface area contributed by atoms with Crippen LogP contribution in [0.2, 0.25) is 0 Å². The fraction of sp³-hybridized carbons (Fsp3) is 0.214. The van der Waals surface area contributed by atoms with Crippen molar-refractivity contribution in [1.29, 1.82) is 0 Å². The first-order valence-corrected chi connectivity index (χ1v) is 6.21. The molecule has 0 radical (unpaired) electrons. The van der Waals surface area contributed by atoms with Crippen molar-refractivity contribution in [3.63, 3.8) is 0 Å². The molecule has 4 heteroatoms. The first-order chi connectivity index (χ1) is 8.58. The van der Waals surface area contributed by atoms with Crippen molar-refractivity contribution < 1.29 is 0 Å². The van der Waals surface area contributed by atoms with Crippen molar-refractivity contribution in [1.82, 2.24) is 9.97 Å². The number of benzene rings is 1. The summed E-state index contributed by atoms with van der Waals surface area (Å²) in [6, 6.07) is 8.01. The lowest BCUT2D eigenvalue weighted by molar-refractivity contribution is 1.06. The van der Waals surface area contributed by atoms with Gasteiger partial charge in [0.2, 0.25) is 5.95 Å². The predicted molar refractivity (Wildman–Crippen MR) is 78.7 cm³/mol. The maximum atomic E-state index is 5.03. The van der Waals surface area contributed by atoms with Gasteiger partial charge in [-0.15, -0.1) is 0 Å². The van der Waals surface area contributed by atoms with Crippen LogP contribution < -0.4 is 5.32 Å². The van der Waals surface area contributed by atoms with E-state index in [1.807, 2.05) is 45.0 Å². The van der Waals surface area contributed by atoms with Gasteiger partial charge in [-0.05, 0) is 39.0 Å². The zero-order valence-electron chi connectivity index (χ0n) is 10.7. The molecule has 92 valence electrons. The molecule has 0 saturated heterocycles. The molecule has 0 aliphatic rings. The van der Waals surface area contributed by atoms with Gasteiger partial charge in [0.15, 0.2) is 0 Å². The van der Waals surface area contributed by atoms with E-state index in [4.69, 9.17) is 12.2 Å². The number of aryl methyl sites for hydroxylation is 3. The maximum absolute atomic E-state index is 5.03. The van der Waals surface area contributed by atoms with Crippen molar-refractivity contribution >= 4 is 29.2 Å². The van der Waals surface area contributed by atoms with Crippen LogP contribution in [0.1, 0.15) is 22.5 Å². The first-order valence-electron chi connectivity index (χ1n) is 5.73. The van der Waals surface area contributed by atoms with Crippen LogP contribution in [0, 0.1) is 20.8 Å². The number of rotatable bonds is 3. The normalized spacial score (nSPS) is 10.2. The standard InChI is InChI=1S/C14H15N3S/c1-9-4-5-13(12(6-9)8-18)17-14-15-10(2)7-11(3)16-14/h4-8H,1-3H3,(H,15,16,17). The van der Waals surface area contributed by atoms with Crippen molar-refractivity contribution in [2.45, 2.75) is 20.8 Å². The van der Waals surface area contributed by atoms with E-state index in [0.29, 0.717) is 5.95 Å². The van der Waals surface area contributed by atoms with E-state index >= 15 is 0 Å². The average Bonchev–Trinajstić information content (AvgIpc) is 2.30. The van der Waals surface area contributed by atoms with Gasteiger partial charge in [-0.2, -0.15) is 0 Å². The lowest BCUT2D eigenvalue weighted by atomic mass is 10.1. The van der Waals surface area contributed by atoms with E-state index < -0.39 is 0 Å². The number of hydrogen-bond donors (Lipinski definition) is 1. The van der Waals surface area contributed by atoms with Crippen LogP contribution in [0.4, 0.5) is 11.6 Å². The summed E-state index contributed by atoms with van der Waals surface area (Å²) in [5, 5.41) is 4.88. The van der Waals surface area contributed by atoms with E-state index in [9.17, 15) is 0 Å². The van der Waals surface area contributed by atoms with Gasteiger partial charge in [0, 0.05) is 28.0 Å². The molecule has 0 aliphatic carbocycles. The molecule has 0 bridgehead atoms. The molecule has 0 atom stereocenters. The molecule has 0 fully saturated rings. The molecule has 18 heavy (non-hydrogen) atoms. The smallest absolute Gasteiger partial charge is 0.227 e. The fourth-order valence-corrected chi connectivity index (χ4v) is 1.99. The van der Waals surface area contributed by atoms with Crippen LogP contribution >= 0.6 is 12.2 Å². The second kappa shape index (κ2) is 5.23. The van der Waals surface area contributed by atoms with Gasteiger partial charge in [-0.3, -0.25) is 0 Å². The zero-order valence-corrected chi connectivity index (χ0v) is 11.5. The number of nitrogens with one attached hydrogen (secondary N) is 1. The lowest BCUT2D eigenvalue weighted by Gasteiger charge is -2.09. The van der Waals surface area contributed by atoms with Crippen LogP contribution in [-0.2, 0) is 0 Å². The molecule has 1 N–H and O–H groups in total. The highest BCUT2D eigenvalue weighted by Crippen LogP contribution is 2.19. The Balaban J connectivity index is 2.36. The number of thiocarbonyl (C=S) groups is 1. The van der Waals surface area contributed by atoms with Gasteiger partial charge in [0.25, 0.3) is 0 Å². The third-order valence-corrected chi connectivity index (χ3v) is 2.82. The van der Waals surface area contributed by atoms with E-state index in [0.717, 1.165) is 22.6 Å². The minimum Gasteiger partial charge on any atom is -0.324 e. The monoisotopic (exact) mass is 257 g/mol. The largest absolute Gasteiger partial charge is 0.324 e. The number of hydrogen-bond acceptors (Lipinski definition) is 4. The Hall–Kier alpha value is -1.81. The summed E-state index contributed by atoms with van der Waals surface area (Å²) >= 11 is 5.03. The summed E-state index contributed by atoms with van der Waals surface area (Å²) in [5.74, 6) is 0.606. The Morgan fingerprint density at radius 1 is 1.06 bits per heavy atom. The maximum Gasteiger partial charge on any atom is 0.227 e. The molecule has 1 aromatic carbocycles. The highest BCUT2D eigenvalue weighted by molar-refractivity contribution is 7.79. The van der Waals surface area contributed by atoms with Crippen LogP contribution in [0.3, 0.4) is 0 Å². The highest BCUT2D eigenvalue weighted by atomic mass is 32.1. The lowest BCUT2D eigenvalue weighted by Crippen LogP contribution is -2.02. The SMILES string of the molecule is Cc1ccc(Nc2nc(C)cc(C)n2)c(C=S)c1. The topological polar surface area (TPSA) is 37.8 Å². The quantitative estimate of drug-likeness (QED) is 0.854. The van der Waals surface area contributed by atoms with Crippen LogP contribution in [-0.4, -0.2) is 15.3 Å². The summed E-state index contributed by atoms with van der Waals surface area (Å²) in [7, 11) is 0. The van der Waals surface area contributed by atoms with Crippen LogP contribution in [0.5, 0.6) is 0 Å². The van der Waals surface area contributed by atoms with Crippen molar-refractivity contribution in [2.75, 3.05) is 5.32 Å². The number of nitrogens with zero attached hydrogens (tertiary/aromatic N) is 2. The molecule has 0 spiro atoms. The zero-order chi connectivity index (χ0) is 13.1. The Morgan fingerprint density at radius 3 is 2.33 bits per heavy atom. The number of anilines is 2. The second-order valence-corrected chi connectivity index (χ2v) is 4.54. The average molecular weight is 257 g/mol. The molecule has 2 rings (SSSR count). The molecule has 1 aromatic heterocycles. The Kier molecular flexibility index (Phi) is 3.67. The molecule has 1 heterocycles. The predicted octanol–water partition coefficient (Wildman–Crippen LogP) is 3.49. The summed E-state index contributed by atoms with van der Waals surface area (Å²) in [5.41, 5.74) is 4.98. The molecule has 0 aliphatic heterocycles. The second-order valence-electron chi connectivity index (χ2n) is 4.31. The summed E-state index contributed by atoms with van der Waals surface area (Å²) in [6.45, 7) is 5.95. The van der Waals surface area contributed by atoms with Crippen molar-refractivity contribution in [2.24, 2.45) is 0 Å². The van der Waals surface area contributed by atoms with E-state index in [-0.39, 0.29) is 0 Å². The summed E-state index contributed by atoms with van der Waals surface area (Å²) in [6.07, 6.45) is 0. The highest BCUT2D eigenvalue weighted by Gasteiger charge is 2.04. The van der Waals surface area contributed by atoms with Gasteiger partial charge < -0.3 is 5.32 Å². The van der Waals surface area contributed by atoms with Crippen LogP contribution in [0.15, 0.2) is 24.3 Å². The van der Waals surface area contributed by atoms with Gasteiger partial charge in [0.05, 0.1) is 0 Å². The molecule has 2 aromatic rings. The van der Waals surface area contributed by atoms with E-state index in [1.54, 1.807) is 5.37 Å². The third-order valence-electron chi connectivity index (χ3n) is 2.56. The summed E-state index contributed by atoms with van der Waals surface area (Å²) in [4.78, 5) is 8.71. The number of aromatic nitrogens is 2. The third kappa shape index (κ3) is 2.90. The molecule has 3 nitrogen and oxygen atoms in total. The molecule has 0 unspecified atom stereocenters. The Labute approximate surface area is 112 Å². The van der Waals surface area contributed by atoms with Gasteiger partial charge in [-0.1, -0.05) is 23.8 Å². The van der Waals surface area contributed by atoms with E-state index in [2.05, 4.69) is 15.3 Å². The van der Waals surface area contributed by atoms with Gasteiger partial charge >= 0.3 is 0 Å². The Bertz CT molecular complexity index is 573. The van der Waals surface area contributed by atoms with Gasteiger partial charge in [-0.25, -0.2) is 9.97 Å². The van der Waals surface area contributed by atoms with E-state index in [1.165, 1.54) is 5.56 Å². The van der Waals surface area contributed by atoms with Crippen LogP contribution in [0.25, 0.3) is 0 Å². The molecular formula is C14H15N3S. The first kappa shape index (κ1) is 12.6. The molecular weight excluding hydrogens is 242 g/mol. The van der Waals surface area contributed by atoms with Crippen molar-refractivity contribution in [3.8, 4) is 0 Å². The minimum atomic E-state index is 0.606. The fourth-order valence-electron chi connectivity index (χ4n) is 1.80. The Morgan fingerprint density at radius 2 is 1.72 bits per heavy atom. The van der Waals surface area contributed by atoms with Crippen molar-refractivity contribution in [3.05, 3.63) is 46.8 Å². The van der Waals surface area contributed by atoms with Gasteiger partial charge in [0.1, 0.15) is 0 Å². The summed E-state index contributed by atoms with van der Waals surface area (Å²) < 4.78 is 0. The molecule has 0 amide bonds. The minimum absolute atomic E-state index is 0.606. The molecule has 0 saturated carbocycles.